The molecule has 0 saturated carbocycles. The van der Waals surface area contributed by atoms with Gasteiger partial charge in [0.25, 0.3) is 0 Å². The molecule has 30 heavy (non-hydrogen) atoms. The van der Waals surface area contributed by atoms with Gasteiger partial charge in [0.2, 0.25) is 5.89 Å². The summed E-state index contributed by atoms with van der Waals surface area (Å²) in [6.07, 6.45) is 1.92. The number of nitrogens with zero attached hydrogens (tertiary/aromatic N) is 2. The van der Waals surface area contributed by atoms with Gasteiger partial charge in [-0.05, 0) is 63.1 Å². The highest BCUT2D eigenvalue weighted by atomic mass is 19.1. The van der Waals surface area contributed by atoms with Crippen molar-refractivity contribution in [3.63, 3.8) is 0 Å². The normalized spacial score (nSPS) is 15.3. The lowest BCUT2D eigenvalue weighted by molar-refractivity contribution is 0.0957. The van der Waals surface area contributed by atoms with Gasteiger partial charge in [0.1, 0.15) is 29.2 Å². The first-order valence-corrected chi connectivity index (χ1v) is 10.4. The first-order valence-electron chi connectivity index (χ1n) is 10.4. The number of hydrogen-bond acceptors (Lipinski definition) is 5. The maximum Gasteiger partial charge on any atom is 0.226 e. The number of ether oxygens (including phenoxy) is 2. The highest BCUT2D eigenvalue weighted by Gasteiger charge is 2.23. The second-order valence-electron chi connectivity index (χ2n) is 7.53. The van der Waals surface area contributed by atoms with Crippen LogP contribution in [0.2, 0.25) is 0 Å². The summed E-state index contributed by atoms with van der Waals surface area (Å²) in [6.45, 7) is 7.13. The summed E-state index contributed by atoms with van der Waals surface area (Å²) < 4.78 is 30.7. The van der Waals surface area contributed by atoms with Gasteiger partial charge in [0.15, 0.2) is 0 Å². The summed E-state index contributed by atoms with van der Waals surface area (Å²) in [5.41, 5.74) is 1.90. The van der Waals surface area contributed by atoms with Crippen LogP contribution in [0.4, 0.5) is 4.39 Å². The maximum atomic E-state index is 13.3. The first kappa shape index (κ1) is 20.4. The number of piperidine rings is 1. The predicted molar refractivity (Wildman–Crippen MR) is 113 cm³/mol. The van der Waals surface area contributed by atoms with Gasteiger partial charge in [-0.2, -0.15) is 0 Å². The smallest absolute Gasteiger partial charge is 0.226 e. The van der Waals surface area contributed by atoms with E-state index < -0.39 is 0 Å². The Kier molecular flexibility index (Phi) is 6.33. The fourth-order valence-corrected chi connectivity index (χ4v) is 3.69. The number of aromatic nitrogens is 1. The van der Waals surface area contributed by atoms with Crippen LogP contribution in [0.3, 0.4) is 0 Å². The Morgan fingerprint density at radius 1 is 1.10 bits per heavy atom. The zero-order valence-electron chi connectivity index (χ0n) is 17.4. The van der Waals surface area contributed by atoms with Crippen LogP contribution in [-0.2, 0) is 6.54 Å². The largest absolute Gasteiger partial charge is 0.494 e. The molecule has 158 valence electrons. The topological polar surface area (TPSA) is 47.7 Å². The van der Waals surface area contributed by atoms with Gasteiger partial charge in [-0.1, -0.05) is 6.07 Å². The van der Waals surface area contributed by atoms with Crippen molar-refractivity contribution in [1.82, 2.24) is 9.88 Å². The molecule has 6 heteroatoms. The highest BCUT2D eigenvalue weighted by molar-refractivity contribution is 5.55. The zero-order chi connectivity index (χ0) is 20.9. The Labute approximate surface area is 176 Å². The fourth-order valence-electron chi connectivity index (χ4n) is 3.69. The van der Waals surface area contributed by atoms with Crippen LogP contribution >= 0.6 is 0 Å². The number of benzene rings is 2. The Bertz CT molecular complexity index is 963. The summed E-state index contributed by atoms with van der Waals surface area (Å²) in [7, 11) is 0. The maximum absolute atomic E-state index is 13.3. The molecule has 1 fully saturated rings. The molecule has 0 bridgehead atoms. The molecule has 0 aliphatic carbocycles. The highest BCUT2D eigenvalue weighted by Crippen LogP contribution is 2.26. The van der Waals surface area contributed by atoms with E-state index in [9.17, 15) is 4.39 Å². The summed E-state index contributed by atoms with van der Waals surface area (Å²) >= 11 is 0. The van der Waals surface area contributed by atoms with Gasteiger partial charge < -0.3 is 13.9 Å². The van der Waals surface area contributed by atoms with E-state index in [1.54, 1.807) is 12.1 Å². The third-order valence-corrected chi connectivity index (χ3v) is 5.31. The third kappa shape index (κ3) is 5.00. The Morgan fingerprint density at radius 3 is 2.57 bits per heavy atom. The quantitative estimate of drug-likeness (QED) is 0.534. The monoisotopic (exact) mass is 410 g/mol. The molecule has 2 aromatic carbocycles. The number of halogens is 1. The minimum absolute atomic E-state index is 0.112. The molecule has 1 aliphatic rings. The molecule has 0 unspecified atom stereocenters. The molecule has 5 nitrogen and oxygen atoms in total. The molecular weight excluding hydrogens is 383 g/mol. The lowest BCUT2D eigenvalue weighted by Crippen LogP contribution is -2.38. The Balaban J connectivity index is 1.33. The Hall–Kier alpha value is -2.86. The molecule has 1 saturated heterocycles. The van der Waals surface area contributed by atoms with E-state index in [0.29, 0.717) is 18.2 Å². The summed E-state index contributed by atoms with van der Waals surface area (Å²) in [5, 5.41) is 0. The number of hydrogen-bond donors (Lipinski definition) is 0. The molecule has 4 rings (SSSR count). The molecule has 1 aromatic heterocycles. The molecule has 0 amide bonds. The van der Waals surface area contributed by atoms with Crippen molar-refractivity contribution in [2.45, 2.75) is 39.3 Å². The van der Waals surface area contributed by atoms with Crippen molar-refractivity contribution in [3.8, 4) is 23.0 Å². The van der Waals surface area contributed by atoms with Gasteiger partial charge in [-0.3, -0.25) is 4.90 Å². The number of oxazole rings is 1. The first-order chi connectivity index (χ1) is 14.6. The standard InChI is InChI=1S/C24H27FN2O3/c1-3-28-20-9-7-18(8-10-20)24-26-23(17(2)29-24)16-27-13-11-21(12-14-27)30-22-6-4-5-19(25)15-22/h4-10,15,21H,3,11-14,16H2,1-2H3. The molecule has 1 aliphatic heterocycles. The SMILES string of the molecule is CCOc1ccc(-c2nc(CN3CCC(Oc4cccc(F)c4)CC3)c(C)o2)cc1. The van der Waals surface area contributed by atoms with Crippen molar-refractivity contribution in [3.05, 3.63) is 65.8 Å². The van der Waals surface area contributed by atoms with Crippen LogP contribution in [0.25, 0.3) is 11.5 Å². The molecule has 2 heterocycles. The van der Waals surface area contributed by atoms with Crippen molar-refractivity contribution in [2.75, 3.05) is 19.7 Å². The van der Waals surface area contributed by atoms with Crippen LogP contribution in [0.5, 0.6) is 11.5 Å². The van der Waals surface area contributed by atoms with Gasteiger partial charge in [0.05, 0.1) is 12.3 Å². The van der Waals surface area contributed by atoms with E-state index in [4.69, 9.17) is 18.9 Å². The van der Waals surface area contributed by atoms with Crippen LogP contribution in [0.1, 0.15) is 31.2 Å². The summed E-state index contributed by atoms with van der Waals surface area (Å²) in [6, 6.07) is 14.1. The lowest BCUT2D eigenvalue weighted by Gasteiger charge is -2.31. The summed E-state index contributed by atoms with van der Waals surface area (Å²) in [4.78, 5) is 7.08. The predicted octanol–water partition coefficient (Wildman–Crippen LogP) is 5.23. The number of rotatable bonds is 7. The van der Waals surface area contributed by atoms with Crippen LogP contribution in [0, 0.1) is 12.7 Å². The van der Waals surface area contributed by atoms with Crippen molar-refractivity contribution in [1.29, 1.82) is 0 Å². The minimum Gasteiger partial charge on any atom is -0.494 e. The Morgan fingerprint density at radius 2 is 1.87 bits per heavy atom. The second-order valence-corrected chi connectivity index (χ2v) is 7.53. The molecule has 3 aromatic rings. The second kappa shape index (κ2) is 9.30. The van der Waals surface area contributed by atoms with E-state index in [1.807, 2.05) is 38.1 Å². The number of aryl methyl sites for hydroxylation is 1. The zero-order valence-corrected chi connectivity index (χ0v) is 17.4. The van der Waals surface area contributed by atoms with Gasteiger partial charge in [-0.25, -0.2) is 9.37 Å². The van der Waals surface area contributed by atoms with Crippen LogP contribution in [0.15, 0.2) is 52.9 Å². The van der Waals surface area contributed by atoms with Gasteiger partial charge >= 0.3 is 0 Å². The molecule has 0 atom stereocenters. The van der Waals surface area contributed by atoms with Crippen molar-refractivity contribution in [2.24, 2.45) is 0 Å². The van der Waals surface area contributed by atoms with Gasteiger partial charge in [-0.15, -0.1) is 0 Å². The van der Waals surface area contributed by atoms with E-state index in [1.165, 1.54) is 12.1 Å². The number of likely N-dealkylation sites (tertiary alicyclic amines) is 1. The molecule has 0 spiro atoms. The van der Waals surface area contributed by atoms with E-state index in [2.05, 4.69) is 4.90 Å². The van der Waals surface area contributed by atoms with Gasteiger partial charge in [0, 0.05) is 31.3 Å². The lowest BCUT2D eigenvalue weighted by atomic mass is 10.1. The van der Waals surface area contributed by atoms with Crippen LogP contribution in [-0.4, -0.2) is 35.7 Å². The fraction of sp³-hybridized carbons (Fsp3) is 0.375. The minimum atomic E-state index is -0.269. The summed E-state index contributed by atoms with van der Waals surface area (Å²) in [5.74, 6) is 2.65. The molecule has 0 N–H and O–H groups in total. The molecule has 0 radical (unpaired) electrons. The molecular formula is C24H27FN2O3. The van der Waals surface area contributed by atoms with Crippen LogP contribution < -0.4 is 9.47 Å². The third-order valence-electron chi connectivity index (χ3n) is 5.31. The van der Waals surface area contributed by atoms with E-state index in [0.717, 1.165) is 55.2 Å². The van der Waals surface area contributed by atoms with E-state index >= 15 is 0 Å². The average molecular weight is 410 g/mol. The van der Waals surface area contributed by atoms with Crippen molar-refractivity contribution >= 4 is 0 Å². The van der Waals surface area contributed by atoms with E-state index in [-0.39, 0.29) is 11.9 Å². The average Bonchev–Trinajstić information content (AvgIpc) is 3.11. The van der Waals surface area contributed by atoms with Crippen molar-refractivity contribution < 1.29 is 18.3 Å².